The summed E-state index contributed by atoms with van der Waals surface area (Å²) in [5.41, 5.74) is 1.07. The zero-order valence-corrected chi connectivity index (χ0v) is 13.8. The molecule has 0 heterocycles. The second kappa shape index (κ2) is 8.55. The minimum absolute atomic E-state index is 0.103. The van der Waals surface area contributed by atoms with E-state index in [-0.39, 0.29) is 6.61 Å². The summed E-state index contributed by atoms with van der Waals surface area (Å²) in [4.78, 5) is 0. The predicted molar refractivity (Wildman–Crippen MR) is 88.1 cm³/mol. The fourth-order valence-electron chi connectivity index (χ4n) is 1.88. The lowest BCUT2D eigenvalue weighted by Gasteiger charge is -2.12. The second-order valence-electron chi connectivity index (χ2n) is 4.95. The fourth-order valence-corrected chi connectivity index (χ4v) is 2.30. The highest BCUT2D eigenvalue weighted by molar-refractivity contribution is 7.85. The highest BCUT2D eigenvalue weighted by Crippen LogP contribution is 2.27. The predicted octanol–water partition coefficient (Wildman–Crippen LogP) is 3.01. The summed E-state index contributed by atoms with van der Waals surface area (Å²) in [6.45, 7) is 0.908. The Morgan fingerprint density at radius 1 is 0.826 bits per heavy atom. The normalized spacial score (nSPS) is 11.2. The average molecular weight is 336 g/mol. The smallest absolute Gasteiger partial charge is 0.264 e. The Kier molecular flexibility index (Phi) is 6.43. The Labute approximate surface area is 136 Å². The third-order valence-corrected chi connectivity index (χ3v) is 3.52. The molecule has 5 nitrogen and oxygen atoms in total. The lowest BCUT2D eigenvalue weighted by atomic mass is 10.2. The topological polar surface area (TPSA) is 61.8 Å². The van der Waals surface area contributed by atoms with Crippen molar-refractivity contribution >= 4 is 10.1 Å². The molecule has 2 aromatic carbocycles. The van der Waals surface area contributed by atoms with Gasteiger partial charge in [0.1, 0.15) is 6.61 Å². The van der Waals surface area contributed by atoms with Gasteiger partial charge < -0.3 is 9.47 Å². The molecule has 2 rings (SSSR count). The number of rotatable bonds is 9. The minimum Gasteiger partial charge on any atom is -0.490 e. The van der Waals surface area contributed by atoms with Gasteiger partial charge in [0.15, 0.2) is 11.5 Å². The van der Waals surface area contributed by atoms with Crippen molar-refractivity contribution in [1.29, 1.82) is 0 Å². The first kappa shape index (κ1) is 17.3. The van der Waals surface area contributed by atoms with Crippen molar-refractivity contribution in [2.24, 2.45) is 0 Å². The van der Waals surface area contributed by atoms with Gasteiger partial charge in [-0.15, -0.1) is 0 Å². The van der Waals surface area contributed by atoms with E-state index in [1.807, 2.05) is 54.6 Å². The number of hydrogen-bond acceptors (Lipinski definition) is 5. The van der Waals surface area contributed by atoms with Crippen LogP contribution >= 0.6 is 0 Å². The summed E-state index contributed by atoms with van der Waals surface area (Å²) in [5.74, 6) is 1.28. The molecule has 0 aliphatic heterocycles. The number of benzene rings is 2. The molecule has 0 amide bonds. The highest BCUT2D eigenvalue weighted by Gasteiger charge is 2.05. The van der Waals surface area contributed by atoms with Crippen molar-refractivity contribution in [2.75, 3.05) is 19.5 Å². The zero-order chi connectivity index (χ0) is 16.5. The van der Waals surface area contributed by atoms with Gasteiger partial charge in [0.05, 0.1) is 19.5 Å². The number of ether oxygens (including phenoxy) is 2. The van der Waals surface area contributed by atoms with Crippen molar-refractivity contribution < 1.29 is 22.1 Å². The van der Waals surface area contributed by atoms with Crippen LogP contribution in [-0.2, 0) is 20.9 Å². The first-order valence-corrected chi connectivity index (χ1v) is 9.09. The number of hydrogen-bond donors (Lipinski definition) is 0. The van der Waals surface area contributed by atoms with E-state index >= 15 is 0 Å². The van der Waals surface area contributed by atoms with Crippen LogP contribution in [0.5, 0.6) is 11.5 Å². The molecule has 0 saturated heterocycles. The molecule has 124 valence electrons. The fraction of sp³-hybridized carbons (Fsp3) is 0.294. The van der Waals surface area contributed by atoms with E-state index in [1.54, 1.807) is 0 Å². The molecule has 0 aliphatic carbocycles. The molecule has 0 radical (unpaired) electrons. The molecule has 0 spiro atoms. The molecule has 0 saturated carbocycles. The van der Waals surface area contributed by atoms with Crippen LogP contribution in [0.3, 0.4) is 0 Å². The van der Waals surface area contributed by atoms with Gasteiger partial charge in [-0.2, -0.15) is 8.42 Å². The SMILES string of the molecule is CS(=O)(=O)OCCCOc1ccccc1OCc1ccccc1. The maximum Gasteiger partial charge on any atom is 0.264 e. The van der Waals surface area contributed by atoms with E-state index in [2.05, 4.69) is 4.18 Å². The van der Waals surface area contributed by atoms with Crippen LogP contribution in [0.25, 0.3) is 0 Å². The Bertz CT molecular complexity index is 698. The maximum atomic E-state index is 10.9. The summed E-state index contributed by atoms with van der Waals surface area (Å²) >= 11 is 0. The van der Waals surface area contributed by atoms with Gasteiger partial charge in [-0.05, 0) is 17.7 Å². The first-order valence-electron chi connectivity index (χ1n) is 7.27. The molecule has 6 heteroatoms. The van der Waals surface area contributed by atoms with E-state index in [9.17, 15) is 8.42 Å². The Morgan fingerprint density at radius 2 is 1.43 bits per heavy atom. The van der Waals surface area contributed by atoms with Crippen LogP contribution in [0.4, 0.5) is 0 Å². The molecule has 0 bridgehead atoms. The van der Waals surface area contributed by atoms with Crippen LogP contribution in [0, 0.1) is 0 Å². The van der Waals surface area contributed by atoms with Gasteiger partial charge in [-0.3, -0.25) is 4.18 Å². The second-order valence-corrected chi connectivity index (χ2v) is 6.59. The zero-order valence-electron chi connectivity index (χ0n) is 13.0. The first-order chi connectivity index (χ1) is 11.0. The largest absolute Gasteiger partial charge is 0.490 e. The maximum absolute atomic E-state index is 10.9. The van der Waals surface area contributed by atoms with E-state index in [4.69, 9.17) is 9.47 Å². The summed E-state index contributed by atoms with van der Waals surface area (Å²) < 4.78 is 37.8. The third-order valence-electron chi connectivity index (χ3n) is 2.93. The van der Waals surface area contributed by atoms with Crippen molar-refractivity contribution in [3.05, 3.63) is 60.2 Å². The molecular formula is C17H20O5S. The highest BCUT2D eigenvalue weighted by atomic mass is 32.2. The van der Waals surface area contributed by atoms with Gasteiger partial charge in [-0.1, -0.05) is 42.5 Å². The van der Waals surface area contributed by atoms with Gasteiger partial charge in [0.25, 0.3) is 10.1 Å². The molecule has 0 aromatic heterocycles. The van der Waals surface area contributed by atoms with Gasteiger partial charge in [0.2, 0.25) is 0 Å². The van der Waals surface area contributed by atoms with Crippen molar-refractivity contribution in [2.45, 2.75) is 13.0 Å². The van der Waals surface area contributed by atoms with Gasteiger partial charge in [0, 0.05) is 6.42 Å². The average Bonchev–Trinajstić information content (AvgIpc) is 2.53. The molecule has 0 unspecified atom stereocenters. The standard InChI is InChI=1S/C17H20O5S/c1-23(18,19)22-13-7-12-20-16-10-5-6-11-17(16)21-14-15-8-3-2-4-9-15/h2-6,8-11H,7,12-14H2,1H3. The van der Waals surface area contributed by atoms with Crippen molar-refractivity contribution in [3.8, 4) is 11.5 Å². The summed E-state index contributed by atoms with van der Waals surface area (Å²) in [6, 6.07) is 17.3. The third kappa shape index (κ3) is 6.71. The van der Waals surface area contributed by atoms with E-state index in [0.29, 0.717) is 31.1 Å². The van der Waals surface area contributed by atoms with E-state index < -0.39 is 10.1 Å². The van der Waals surface area contributed by atoms with E-state index in [1.165, 1.54) is 0 Å². The van der Waals surface area contributed by atoms with Crippen LogP contribution in [0.1, 0.15) is 12.0 Å². The molecule has 2 aromatic rings. The number of para-hydroxylation sites is 2. The summed E-state index contributed by atoms with van der Waals surface area (Å²) in [5, 5.41) is 0. The molecule has 0 fully saturated rings. The molecule has 0 N–H and O–H groups in total. The lowest BCUT2D eigenvalue weighted by Crippen LogP contribution is -2.08. The molecule has 23 heavy (non-hydrogen) atoms. The van der Waals surface area contributed by atoms with Crippen LogP contribution < -0.4 is 9.47 Å². The lowest BCUT2D eigenvalue weighted by molar-refractivity contribution is 0.234. The van der Waals surface area contributed by atoms with Crippen molar-refractivity contribution in [3.63, 3.8) is 0 Å². The Hall–Kier alpha value is -2.05. The molecule has 0 aliphatic rings. The van der Waals surface area contributed by atoms with Crippen LogP contribution in [0.2, 0.25) is 0 Å². The molecular weight excluding hydrogens is 316 g/mol. The Balaban J connectivity index is 1.83. The molecule has 0 atom stereocenters. The minimum atomic E-state index is -3.40. The monoisotopic (exact) mass is 336 g/mol. The van der Waals surface area contributed by atoms with Crippen LogP contribution in [-0.4, -0.2) is 27.9 Å². The van der Waals surface area contributed by atoms with Crippen molar-refractivity contribution in [1.82, 2.24) is 0 Å². The van der Waals surface area contributed by atoms with Crippen LogP contribution in [0.15, 0.2) is 54.6 Å². The summed E-state index contributed by atoms with van der Waals surface area (Å²) in [7, 11) is -3.40. The quantitative estimate of drug-likeness (QED) is 0.520. The summed E-state index contributed by atoms with van der Waals surface area (Å²) in [6.07, 6.45) is 1.50. The van der Waals surface area contributed by atoms with Gasteiger partial charge >= 0.3 is 0 Å². The van der Waals surface area contributed by atoms with E-state index in [0.717, 1.165) is 11.8 Å². The Morgan fingerprint density at radius 3 is 2.09 bits per heavy atom. The van der Waals surface area contributed by atoms with Gasteiger partial charge in [-0.25, -0.2) is 0 Å².